The van der Waals surface area contributed by atoms with Gasteiger partial charge in [-0.15, -0.1) is 11.6 Å². The van der Waals surface area contributed by atoms with Crippen LogP contribution in [-0.2, 0) is 4.79 Å². The van der Waals surface area contributed by atoms with Gasteiger partial charge in [0, 0.05) is 9.65 Å². The molecule has 3 nitrogen and oxygen atoms in total. The van der Waals surface area contributed by atoms with Gasteiger partial charge in [0.2, 0.25) is 0 Å². The van der Waals surface area contributed by atoms with E-state index in [4.69, 9.17) is 11.6 Å². The van der Waals surface area contributed by atoms with Crippen LogP contribution in [0.5, 0.6) is 0 Å². The molecule has 21 heavy (non-hydrogen) atoms. The average molecular weight is 449 g/mol. The lowest BCUT2D eigenvalue weighted by molar-refractivity contribution is -0.145. The first-order valence-corrected chi connectivity index (χ1v) is 9.44. The summed E-state index contributed by atoms with van der Waals surface area (Å²) in [6, 6.07) is 0. The first kappa shape index (κ1) is 19.9. The van der Waals surface area contributed by atoms with E-state index >= 15 is 0 Å². The first-order valence-electron chi connectivity index (χ1n) is 7.23. The van der Waals surface area contributed by atoms with Crippen molar-refractivity contribution in [2.75, 3.05) is 0 Å². The molecule has 6 heteroatoms. The quantitative estimate of drug-likeness (QED) is 0.629. The van der Waals surface area contributed by atoms with E-state index in [0.29, 0.717) is 12.8 Å². The van der Waals surface area contributed by atoms with Gasteiger partial charge in [-0.05, 0) is 59.3 Å². The van der Waals surface area contributed by atoms with E-state index in [-0.39, 0.29) is 32.7 Å². The molecule has 0 aromatic carbocycles. The van der Waals surface area contributed by atoms with Gasteiger partial charge in [0.1, 0.15) is 5.60 Å². The monoisotopic (exact) mass is 446 g/mol. The fraction of sp³-hybridized carbons (Fsp3) is 0.933. The minimum atomic E-state index is -1.44. The molecule has 0 radical (unpaired) electrons. The number of carbonyl (C=O) groups is 1. The van der Waals surface area contributed by atoms with Crippen molar-refractivity contribution in [3.05, 3.63) is 0 Å². The summed E-state index contributed by atoms with van der Waals surface area (Å²) in [4.78, 5) is 11.4. The van der Waals surface area contributed by atoms with Gasteiger partial charge in [-0.1, -0.05) is 31.9 Å². The van der Waals surface area contributed by atoms with Gasteiger partial charge < -0.3 is 10.2 Å². The fourth-order valence-electron chi connectivity index (χ4n) is 2.78. The minimum absolute atomic E-state index is 0.0483. The van der Waals surface area contributed by atoms with Crippen LogP contribution in [0.2, 0.25) is 0 Å². The molecule has 2 N–H and O–H groups in total. The molecular weight excluding hydrogens is 423 g/mol. The van der Waals surface area contributed by atoms with Crippen LogP contribution in [0.25, 0.3) is 0 Å². The Hall–Kier alpha value is 0.840. The summed E-state index contributed by atoms with van der Waals surface area (Å²) in [7, 11) is 0. The van der Waals surface area contributed by atoms with E-state index in [1.165, 1.54) is 6.92 Å². The Kier molecular flexibility index (Phi) is 6.40. The van der Waals surface area contributed by atoms with Crippen LogP contribution in [0.4, 0.5) is 0 Å². The number of hydrogen-bond acceptors (Lipinski definition) is 3. The standard InChI is InChI=1S/C15H25Br2ClO3/c1-9(19)15(21,8-12(17)13(2,3)20)10-5-6-14(4,18)11(16)7-10/h10-12,20-21H,5-8H2,1-4H3/t10-,11-,12+,14-,15-/m0/s1. The van der Waals surface area contributed by atoms with Crippen LogP contribution in [0, 0.1) is 5.92 Å². The van der Waals surface area contributed by atoms with Crippen molar-refractivity contribution in [2.24, 2.45) is 5.92 Å². The van der Waals surface area contributed by atoms with Crippen molar-refractivity contribution in [1.82, 2.24) is 0 Å². The first-order chi connectivity index (χ1) is 9.30. The summed E-state index contributed by atoms with van der Waals surface area (Å²) in [5, 5.41) is 21.0. The lowest BCUT2D eigenvalue weighted by atomic mass is 9.69. The molecule has 1 saturated carbocycles. The van der Waals surface area contributed by atoms with Crippen molar-refractivity contribution < 1.29 is 15.0 Å². The van der Waals surface area contributed by atoms with Crippen LogP contribution in [0.1, 0.15) is 53.4 Å². The number of rotatable bonds is 5. The average Bonchev–Trinajstić information content (AvgIpc) is 2.30. The number of ketones is 1. The highest BCUT2D eigenvalue weighted by molar-refractivity contribution is 9.09. The van der Waals surface area contributed by atoms with Crippen LogP contribution in [0.15, 0.2) is 0 Å². The molecule has 5 atom stereocenters. The Labute approximate surface area is 149 Å². The van der Waals surface area contributed by atoms with E-state index in [1.807, 2.05) is 6.92 Å². The highest BCUT2D eigenvalue weighted by Crippen LogP contribution is 2.46. The van der Waals surface area contributed by atoms with Gasteiger partial charge in [0.05, 0.1) is 10.5 Å². The summed E-state index contributed by atoms with van der Waals surface area (Å²) >= 11 is 13.4. The second-order valence-corrected chi connectivity index (χ2v) is 10.1. The van der Waals surface area contributed by atoms with Crippen LogP contribution >= 0.6 is 43.5 Å². The summed E-state index contributed by atoms with van der Waals surface area (Å²) in [5.41, 5.74) is -2.44. The molecule has 1 rings (SSSR count). The highest BCUT2D eigenvalue weighted by Gasteiger charge is 2.49. The number of carbonyl (C=O) groups excluding carboxylic acids is 1. The molecule has 0 spiro atoms. The molecule has 0 aromatic rings. The third kappa shape index (κ3) is 4.66. The molecule has 0 unspecified atom stereocenters. The predicted molar refractivity (Wildman–Crippen MR) is 93.6 cm³/mol. The molecule has 0 saturated heterocycles. The Morgan fingerprint density at radius 3 is 2.38 bits per heavy atom. The van der Waals surface area contributed by atoms with E-state index in [9.17, 15) is 15.0 Å². The molecule has 1 aliphatic carbocycles. The smallest absolute Gasteiger partial charge is 0.161 e. The lowest BCUT2D eigenvalue weighted by Gasteiger charge is -2.45. The largest absolute Gasteiger partial charge is 0.389 e. The zero-order chi connectivity index (χ0) is 16.6. The number of Topliss-reactive ketones (excluding diaryl/α,β-unsaturated/α-hetero) is 1. The van der Waals surface area contributed by atoms with Crippen molar-refractivity contribution in [3.63, 3.8) is 0 Å². The van der Waals surface area contributed by atoms with Gasteiger partial charge >= 0.3 is 0 Å². The molecule has 124 valence electrons. The Morgan fingerprint density at radius 2 is 2.00 bits per heavy atom. The van der Waals surface area contributed by atoms with Gasteiger partial charge in [0.15, 0.2) is 5.78 Å². The maximum absolute atomic E-state index is 12.1. The van der Waals surface area contributed by atoms with Gasteiger partial charge in [-0.2, -0.15) is 0 Å². The normalized spacial score (nSPS) is 35.1. The lowest BCUT2D eigenvalue weighted by Crippen LogP contribution is -2.53. The van der Waals surface area contributed by atoms with Crippen molar-refractivity contribution in [2.45, 2.75) is 79.1 Å². The molecule has 0 bridgehead atoms. The number of alkyl halides is 3. The fourth-order valence-corrected chi connectivity index (χ4v) is 4.15. The Balaban J connectivity index is 2.94. The summed E-state index contributed by atoms with van der Waals surface area (Å²) in [5.74, 6) is -0.410. The molecule has 0 aliphatic heterocycles. The summed E-state index contributed by atoms with van der Waals surface area (Å²) < 4.78 is 0. The van der Waals surface area contributed by atoms with Crippen molar-refractivity contribution >= 4 is 49.2 Å². The SMILES string of the molecule is CC(=O)[C@@](O)(C[C@@H](Br)C(C)(C)O)[C@H]1CC[C@](C)(Cl)[C@@H](Br)C1. The molecule has 1 fully saturated rings. The zero-order valence-corrected chi connectivity index (χ0v) is 16.9. The van der Waals surface area contributed by atoms with Crippen molar-refractivity contribution in [3.8, 4) is 0 Å². The maximum atomic E-state index is 12.1. The van der Waals surface area contributed by atoms with E-state index in [0.717, 1.165) is 6.42 Å². The third-order valence-electron chi connectivity index (χ3n) is 4.67. The molecular formula is C15H25Br2ClO3. The Morgan fingerprint density at radius 1 is 1.48 bits per heavy atom. The second-order valence-electron chi connectivity index (χ2n) is 7.02. The molecule has 1 aliphatic rings. The summed E-state index contributed by atoms with van der Waals surface area (Å²) in [6.45, 7) is 6.72. The topological polar surface area (TPSA) is 57.5 Å². The van der Waals surface area contributed by atoms with Crippen LogP contribution < -0.4 is 0 Å². The summed E-state index contributed by atoms with van der Waals surface area (Å²) in [6.07, 6.45) is 2.26. The van der Waals surface area contributed by atoms with E-state index < -0.39 is 11.2 Å². The molecule has 0 heterocycles. The van der Waals surface area contributed by atoms with Gasteiger partial charge in [-0.3, -0.25) is 4.79 Å². The maximum Gasteiger partial charge on any atom is 0.161 e. The van der Waals surface area contributed by atoms with Gasteiger partial charge in [-0.25, -0.2) is 0 Å². The van der Waals surface area contributed by atoms with Crippen LogP contribution in [0.3, 0.4) is 0 Å². The number of hydrogen-bond donors (Lipinski definition) is 2. The van der Waals surface area contributed by atoms with Crippen molar-refractivity contribution in [1.29, 1.82) is 0 Å². The second kappa shape index (κ2) is 6.76. The number of halogens is 3. The van der Waals surface area contributed by atoms with Gasteiger partial charge in [0.25, 0.3) is 0 Å². The van der Waals surface area contributed by atoms with Crippen LogP contribution in [-0.4, -0.2) is 41.7 Å². The number of aliphatic hydroxyl groups is 2. The van der Waals surface area contributed by atoms with E-state index in [2.05, 4.69) is 31.9 Å². The third-order valence-corrected chi connectivity index (χ3v) is 8.21. The minimum Gasteiger partial charge on any atom is -0.389 e. The molecule has 0 aromatic heterocycles. The Bertz CT molecular complexity index is 395. The highest BCUT2D eigenvalue weighted by atomic mass is 79.9. The zero-order valence-electron chi connectivity index (χ0n) is 13.0. The predicted octanol–water partition coefficient (Wildman–Crippen LogP) is 3.79. The molecule has 0 amide bonds. The van der Waals surface area contributed by atoms with E-state index in [1.54, 1.807) is 13.8 Å².